The highest BCUT2D eigenvalue weighted by Gasteiger charge is 2.38. The van der Waals surface area contributed by atoms with Gasteiger partial charge in [0.25, 0.3) is 0 Å². The molecule has 1 fully saturated rings. The van der Waals surface area contributed by atoms with Crippen LogP contribution in [0.1, 0.15) is 62.5 Å². The number of benzene rings is 3. The minimum atomic E-state index is -4.41. The first-order valence-corrected chi connectivity index (χ1v) is 12.0. The fraction of sp³-hybridized carbons (Fsp3) is 0.357. The minimum absolute atomic E-state index is 0.132. The second-order valence-electron chi connectivity index (χ2n) is 9.35. The van der Waals surface area contributed by atoms with Crippen molar-refractivity contribution in [2.45, 2.75) is 57.5 Å². The molecule has 37 heavy (non-hydrogen) atoms. The number of halogens is 8. The predicted octanol–water partition coefficient (Wildman–Crippen LogP) is 9.39. The molecule has 0 aromatic heterocycles. The Bertz CT molecular complexity index is 1260. The van der Waals surface area contributed by atoms with E-state index in [-0.39, 0.29) is 34.7 Å². The van der Waals surface area contributed by atoms with Crippen molar-refractivity contribution in [3.63, 3.8) is 0 Å². The Labute approximate surface area is 209 Å². The number of rotatable bonds is 7. The lowest BCUT2D eigenvalue weighted by atomic mass is 9.77. The van der Waals surface area contributed by atoms with Gasteiger partial charge in [-0.15, -0.1) is 0 Å². The van der Waals surface area contributed by atoms with Gasteiger partial charge in [0, 0.05) is 17.7 Å². The molecule has 9 heteroatoms. The highest BCUT2D eigenvalue weighted by atomic mass is 19.3. The molecule has 1 saturated carbocycles. The SMILES string of the molecule is CCCC1CCC(c2ccc(-c3ccc(C(F)(F)Oc4cc(F)c(F)c(F)c4)c(F)c3)c(F)c2F)CC1. The highest BCUT2D eigenvalue weighted by Crippen LogP contribution is 2.41. The van der Waals surface area contributed by atoms with Gasteiger partial charge in [-0.05, 0) is 60.8 Å². The summed E-state index contributed by atoms with van der Waals surface area (Å²) in [4.78, 5) is 0. The van der Waals surface area contributed by atoms with Gasteiger partial charge in [-0.1, -0.05) is 38.0 Å². The van der Waals surface area contributed by atoms with Gasteiger partial charge >= 0.3 is 6.11 Å². The molecule has 1 aliphatic carbocycles. The van der Waals surface area contributed by atoms with Gasteiger partial charge in [0.2, 0.25) is 0 Å². The molecule has 0 aliphatic heterocycles. The Kier molecular flexibility index (Phi) is 7.80. The molecule has 0 unspecified atom stereocenters. The van der Waals surface area contributed by atoms with E-state index in [4.69, 9.17) is 0 Å². The predicted molar refractivity (Wildman–Crippen MR) is 122 cm³/mol. The minimum Gasteiger partial charge on any atom is -0.429 e. The molecule has 0 spiro atoms. The van der Waals surface area contributed by atoms with E-state index in [9.17, 15) is 35.1 Å². The van der Waals surface area contributed by atoms with Crippen molar-refractivity contribution in [2.75, 3.05) is 0 Å². The molecule has 0 N–H and O–H groups in total. The Morgan fingerprint density at radius 3 is 2.00 bits per heavy atom. The summed E-state index contributed by atoms with van der Waals surface area (Å²) in [6.07, 6.45) is 1.10. The van der Waals surface area contributed by atoms with Crippen LogP contribution in [0.2, 0.25) is 0 Å². The Balaban J connectivity index is 1.56. The summed E-state index contributed by atoms with van der Waals surface area (Å²) >= 11 is 0. The van der Waals surface area contributed by atoms with Crippen LogP contribution in [-0.2, 0) is 6.11 Å². The van der Waals surface area contributed by atoms with Crippen LogP contribution in [0.3, 0.4) is 0 Å². The van der Waals surface area contributed by atoms with Gasteiger partial charge in [0.1, 0.15) is 11.6 Å². The summed E-state index contributed by atoms with van der Waals surface area (Å²) in [6.45, 7) is 2.11. The molecule has 0 amide bonds. The molecule has 0 radical (unpaired) electrons. The average molecular weight is 528 g/mol. The molecular formula is C28H24F8O. The molecule has 0 saturated heterocycles. The summed E-state index contributed by atoms with van der Waals surface area (Å²) in [5.41, 5.74) is -1.57. The first kappa shape index (κ1) is 26.9. The van der Waals surface area contributed by atoms with E-state index >= 15 is 0 Å². The molecule has 4 rings (SSSR count). The van der Waals surface area contributed by atoms with Crippen LogP contribution in [-0.4, -0.2) is 0 Å². The Hall–Kier alpha value is -3.10. The summed E-state index contributed by atoms with van der Waals surface area (Å²) in [5.74, 6) is -9.81. The summed E-state index contributed by atoms with van der Waals surface area (Å²) in [6, 6.07) is 5.25. The van der Waals surface area contributed by atoms with Gasteiger partial charge in [0.05, 0.1) is 5.56 Å². The van der Waals surface area contributed by atoms with Crippen LogP contribution < -0.4 is 4.74 Å². The van der Waals surface area contributed by atoms with Crippen LogP contribution in [0.25, 0.3) is 11.1 Å². The standard InChI is InChI=1S/C28H24F8O/c1-2-3-15-4-6-16(7-5-15)19-9-10-20(26(33)25(19)32)17-8-11-21(22(29)12-17)28(35,36)37-18-13-23(30)27(34)24(31)14-18/h8-16H,2-7H2,1H3. The molecule has 3 aromatic carbocycles. The third-order valence-corrected chi connectivity index (χ3v) is 6.89. The number of hydrogen-bond acceptors (Lipinski definition) is 1. The van der Waals surface area contributed by atoms with Gasteiger partial charge in [-0.2, -0.15) is 8.78 Å². The summed E-state index contributed by atoms with van der Waals surface area (Å²) < 4.78 is 118. The van der Waals surface area contributed by atoms with E-state index in [1.165, 1.54) is 12.1 Å². The average Bonchev–Trinajstić information content (AvgIpc) is 2.84. The third kappa shape index (κ3) is 5.60. The van der Waals surface area contributed by atoms with Gasteiger partial charge in [-0.25, -0.2) is 26.3 Å². The van der Waals surface area contributed by atoms with Crippen molar-refractivity contribution in [3.05, 3.63) is 88.5 Å². The lowest BCUT2D eigenvalue weighted by molar-refractivity contribution is -0.187. The maximum Gasteiger partial charge on any atom is 0.429 e. The van der Waals surface area contributed by atoms with Crippen LogP contribution in [0.4, 0.5) is 35.1 Å². The first-order valence-electron chi connectivity index (χ1n) is 12.0. The molecule has 0 bridgehead atoms. The van der Waals surface area contributed by atoms with Crippen LogP contribution in [0, 0.1) is 40.8 Å². The number of ether oxygens (including phenoxy) is 1. The van der Waals surface area contributed by atoms with Crippen LogP contribution in [0.5, 0.6) is 5.75 Å². The lowest BCUT2D eigenvalue weighted by Crippen LogP contribution is -2.23. The molecule has 3 aromatic rings. The number of hydrogen-bond donors (Lipinski definition) is 0. The molecule has 0 atom stereocenters. The topological polar surface area (TPSA) is 9.23 Å². The van der Waals surface area contributed by atoms with Gasteiger partial charge in [0.15, 0.2) is 29.1 Å². The molecule has 198 valence electrons. The van der Waals surface area contributed by atoms with Crippen molar-refractivity contribution in [1.82, 2.24) is 0 Å². The number of alkyl halides is 2. The van der Waals surface area contributed by atoms with Crippen LogP contribution in [0.15, 0.2) is 42.5 Å². The highest BCUT2D eigenvalue weighted by molar-refractivity contribution is 5.65. The second kappa shape index (κ2) is 10.7. The summed E-state index contributed by atoms with van der Waals surface area (Å²) in [7, 11) is 0. The largest absolute Gasteiger partial charge is 0.429 e. The zero-order valence-electron chi connectivity index (χ0n) is 19.9. The van der Waals surface area contributed by atoms with E-state index in [0.29, 0.717) is 18.1 Å². The Morgan fingerprint density at radius 2 is 1.41 bits per heavy atom. The molecule has 0 heterocycles. The van der Waals surface area contributed by atoms with Crippen molar-refractivity contribution in [1.29, 1.82) is 0 Å². The molecule has 1 aliphatic rings. The van der Waals surface area contributed by atoms with Gasteiger partial charge < -0.3 is 4.74 Å². The van der Waals surface area contributed by atoms with E-state index in [0.717, 1.165) is 44.6 Å². The quantitative estimate of drug-likeness (QED) is 0.219. The van der Waals surface area contributed by atoms with Gasteiger partial charge in [-0.3, -0.25) is 0 Å². The maximum atomic E-state index is 15.0. The second-order valence-corrected chi connectivity index (χ2v) is 9.35. The van der Waals surface area contributed by atoms with E-state index in [1.54, 1.807) is 0 Å². The zero-order valence-corrected chi connectivity index (χ0v) is 19.9. The van der Waals surface area contributed by atoms with Crippen molar-refractivity contribution >= 4 is 0 Å². The van der Waals surface area contributed by atoms with Crippen molar-refractivity contribution in [3.8, 4) is 16.9 Å². The zero-order chi connectivity index (χ0) is 26.9. The Morgan fingerprint density at radius 1 is 0.757 bits per heavy atom. The van der Waals surface area contributed by atoms with E-state index in [1.807, 2.05) is 0 Å². The molecule has 1 nitrogen and oxygen atoms in total. The van der Waals surface area contributed by atoms with Crippen molar-refractivity contribution in [2.24, 2.45) is 5.92 Å². The van der Waals surface area contributed by atoms with Crippen molar-refractivity contribution < 1.29 is 39.9 Å². The summed E-state index contributed by atoms with van der Waals surface area (Å²) in [5, 5.41) is 0. The monoisotopic (exact) mass is 528 g/mol. The fourth-order valence-corrected chi connectivity index (χ4v) is 4.99. The smallest absolute Gasteiger partial charge is 0.429 e. The van der Waals surface area contributed by atoms with E-state index in [2.05, 4.69) is 11.7 Å². The third-order valence-electron chi connectivity index (χ3n) is 6.89. The van der Waals surface area contributed by atoms with Crippen LogP contribution >= 0.6 is 0 Å². The molecular weight excluding hydrogens is 504 g/mol. The first-order chi connectivity index (χ1) is 17.5. The normalized spacial score (nSPS) is 18.2. The maximum absolute atomic E-state index is 15.0. The lowest BCUT2D eigenvalue weighted by Gasteiger charge is -2.29. The fourth-order valence-electron chi connectivity index (χ4n) is 4.99. The van der Waals surface area contributed by atoms with E-state index < -0.39 is 52.3 Å².